The van der Waals surface area contributed by atoms with E-state index in [0.29, 0.717) is 0 Å². The van der Waals surface area contributed by atoms with Crippen LogP contribution in [0.2, 0.25) is 0 Å². The van der Waals surface area contributed by atoms with E-state index < -0.39 is 0 Å². The summed E-state index contributed by atoms with van der Waals surface area (Å²) in [4.78, 5) is 3.07. The van der Waals surface area contributed by atoms with Gasteiger partial charge in [-0.1, -0.05) is 6.92 Å². The van der Waals surface area contributed by atoms with Crippen molar-refractivity contribution in [3.05, 3.63) is 16.7 Å². The van der Waals surface area contributed by atoms with Gasteiger partial charge in [0, 0.05) is 30.5 Å². The average Bonchev–Trinajstić information content (AvgIpc) is 2.68. The molecule has 0 aliphatic carbocycles. The quantitative estimate of drug-likeness (QED) is 0.762. The van der Waals surface area contributed by atoms with Crippen LogP contribution in [0.15, 0.2) is 6.20 Å². The second-order valence-electron chi connectivity index (χ2n) is 4.43. The number of hydrogen-bond donors (Lipinski definition) is 1. The molecule has 78 valence electrons. The Morgan fingerprint density at radius 3 is 3.00 bits per heavy atom. The second kappa shape index (κ2) is 3.51. The van der Waals surface area contributed by atoms with Gasteiger partial charge in [-0.25, -0.2) is 0 Å². The zero-order valence-corrected chi connectivity index (χ0v) is 9.49. The lowest BCUT2D eigenvalue weighted by molar-refractivity contribution is 0.149. The van der Waals surface area contributed by atoms with Gasteiger partial charge in [-0.15, -0.1) is 0 Å². The predicted octanol–water partition coefficient (Wildman–Crippen LogP) is 2.28. The zero-order valence-electron chi connectivity index (χ0n) is 8.67. The highest BCUT2D eigenvalue weighted by atomic mass is 32.1. The van der Waals surface area contributed by atoms with E-state index in [1.165, 1.54) is 5.69 Å². The van der Waals surface area contributed by atoms with Crippen LogP contribution in [0.3, 0.4) is 0 Å². The van der Waals surface area contributed by atoms with Gasteiger partial charge < -0.3 is 14.3 Å². The lowest BCUT2D eigenvalue weighted by atomic mass is 9.90. The fourth-order valence-electron chi connectivity index (χ4n) is 1.89. The standard InChI is InChI=1S/C10H16N2OS/c1-8-5-11-9(14)12(8)6-10(2)3-4-13-7-10/h5H,3-4,6-7H2,1-2H3,(H,11,14). The first-order chi connectivity index (χ1) is 6.61. The smallest absolute Gasteiger partial charge is 0.177 e. The van der Waals surface area contributed by atoms with Crippen molar-refractivity contribution in [2.45, 2.75) is 26.8 Å². The molecule has 1 unspecified atom stereocenters. The number of nitrogens with one attached hydrogen (secondary N) is 1. The van der Waals surface area contributed by atoms with Crippen molar-refractivity contribution in [2.24, 2.45) is 5.41 Å². The third kappa shape index (κ3) is 1.77. The van der Waals surface area contributed by atoms with Crippen molar-refractivity contribution in [3.63, 3.8) is 0 Å². The van der Waals surface area contributed by atoms with Crippen LogP contribution in [-0.4, -0.2) is 22.8 Å². The maximum absolute atomic E-state index is 5.43. The van der Waals surface area contributed by atoms with Crippen LogP contribution in [0.25, 0.3) is 0 Å². The Balaban J connectivity index is 2.21. The van der Waals surface area contributed by atoms with Crippen molar-refractivity contribution < 1.29 is 4.74 Å². The third-order valence-electron chi connectivity index (χ3n) is 2.92. The molecule has 0 bridgehead atoms. The maximum atomic E-state index is 5.43. The van der Waals surface area contributed by atoms with Crippen LogP contribution >= 0.6 is 12.2 Å². The van der Waals surface area contributed by atoms with Crippen molar-refractivity contribution in [2.75, 3.05) is 13.2 Å². The van der Waals surface area contributed by atoms with Gasteiger partial charge in [0.2, 0.25) is 0 Å². The van der Waals surface area contributed by atoms with Crippen molar-refractivity contribution in [1.82, 2.24) is 9.55 Å². The first kappa shape index (κ1) is 9.93. The number of rotatable bonds is 2. The molecule has 1 atom stereocenters. The van der Waals surface area contributed by atoms with E-state index in [-0.39, 0.29) is 5.41 Å². The molecular formula is C10H16N2OS. The first-order valence-electron chi connectivity index (χ1n) is 4.93. The summed E-state index contributed by atoms with van der Waals surface area (Å²) < 4.78 is 8.40. The Bertz CT molecular complexity index is 374. The van der Waals surface area contributed by atoms with Gasteiger partial charge in [0.15, 0.2) is 4.77 Å². The van der Waals surface area contributed by atoms with Crippen molar-refractivity contribution in [3.8, 4) is 0 Å². The highest BCUT2D eigenvalue weighted by molar-refractivity contribution is 7.71. The van der Waals surface area contributed by atoms with Gasteiger partial charge in [0.25, 0.3) is 0 Å². The Kier molecular flexibility index (Phi) is 2.49. The topological polar surface area (TPSA) is 29.9 Å². The van der Waals surface area contributed by atoms with Gasteiger partial charge in [-0.2, -0.15) is 0 Å². The molecule has 3 nitrogen and oxygen atoms in total. The van der Waals surface area contributed by atoms with Crippen LogP contribution in [0.5, 0.6) is 0 Å². The highest BCUT2D eigenvalue weighted by Crippen LogP contribution is 2.30. The minimum Gasteiger partial charge on any atom is -0.381 e. The molecule has 0 saturated carbocycles. The fourth-order valence-corrected chi connectivity index (χ4v) is 2.16. The van der Waals surface area contributed by atoms with E-state index in [1.807, 2.05) is 6.20 Å². The number of H-pyrrole nitrogens is 1. The van der Waals surface area contributed by atoms with Crippen molar-refractivity contribution in [1.29, 1.82) is 0 Å². The molecule has 1 aromatic heterocycles. The molecule has 2 rings (SSSR count). The number of ether oxygens (including phenoxy) is 1. The lowest BCUT2D eigenvalue weighted by Gasteiger charge is -2.22. The largest absolute Gasteiger partial charge is 0.381 e. The van der Waals surface area contributed by atoms with Gasteiger partial charge in [-0.3, -0.25) is 0 Å². The van der Waals surface area contributed by atoms with E-state index in [4.69, 9.17) is 17.0 Å². The highest BCUT2D eigenvalue weighted by Gasteiger charge is 2.30. The molecule has 0 aromatic carbocycles. The Labute approximate surface area is 89.1 Å². The number of aromatic amines is 1. The predicted molar refractivity (Wildman–Crippen MR) is 57.9 cm³/mol. The van der Waals surface area contributed by atoms with Crippen LogP contribution in [0.1, 0.15) is 19.0 Å². The Morgan fingerprint density at radius 2 is 2.50 bits per heavy atom. The third-order valence-corrected chi connectivity index (χ3v) is 3.25. The van der Waals surface area contributed by atoms with E-state index >= 15 is 0 Å². The van der Waals surface area contributed by atoms with Crippen LogP contribution in [0, 0.1) is 17.1 Å². The van der Waals surface area contributed by atoms with E-state index in [9.17, 15) is 0 Å². The molecule has 1 aromatic rings. The summed E-state index contributed by atoms with van der Waals surface area (Å²) in [5.74, 6) is 0. The lowest BCUT2D eigenvalue weighted by Crippen LogP contribution is -2.24. The van der Waals surface area contributed by atoms with E-state index in [1.54, 1.807) is 0 Å². The molecular weight excluding hydrogens is 196 g/mol. The van der Waals surface area contributed by atoms with Gasteiger partial charge >= 0.3 is 0 Å². The second-order valence-corrected chi connectivity index (χ2v) is 4.82. The zero-order chi connectivity index (χ0) is 10.2. The van der Waals surface area contributed by atoms with Gasteiger partial charge in [0.1, 0.15) is 0 Å². The van der Waals surface area contributed by atoms with Gasteiger partial charge in [-0.05, 0) is 25.6 Å². The monoisotopic (exact) mass is 212 g/mol. The summed E-state index contributed by atoms with van der Waals surface area (Å²) in [6.45, 7) is 7.02. The molecule has 2 heterocycles. The average molecular weight is 212 g/mol. The minimum absolute atomic E-state index is 0.255. The summed E-state index contributed by atoms with van der Waals surface area (Å²) in [6.07, 6.45) is 3.08. The molecule has 1 N–H and O–H groups in total. The van der Waals surface area contributed by atoms with E-state index in [2.05, 4.69) is 23.4 Å². The SMILES string of the molecule is Cc1c[nH]c(=S)n1CC1(C)CCOC1. The summed E-state index contributed by atoms with van der Waals surface area (Å²) in [6, 6.07) is 0. The summed E-state index contributed by atoms with van der Waals surface area (Å²) in [5, 5.41) is 0. The molecule has 4 heteroatoms. The van der Waals surface area contributed by atoms with Gasteiger partial charge in [0.05, 0.1) is 6.61 Å². The molecule has 1 fully saturated rings. The molecule has 0 spiro atoms. The number of imidazole rings is 1. The summed E-state index contributed by atoms with van der Waals surface area (Å²) >= 11 is 5.22. The molecule has 1 aliphatic rings. The number of nitrogens with zero attached hydrogens (tertiary/aromatic N) is 1. The van der Waals surface area contributed by atoms with E-state index in [0.717, 1.165) is 31.0 Å². The Morgan fingerprint density at radius 1 is 1.71 bits per heavy atom. The summed E-state index contributed by atoms with van der Waals surface area (Å²) in [5.41, 5.74) is 1.45. The minimum atomic E-state index is 0.255. The fraction of sp³-hybridized carbons (Fsp3) is 0.700. The molecule has 0 amide bonds. The van der Waals surface area contributed by atoms with Crippen LogP contribution in [0.4, 0.5) is 0 Å². The molecule has 1 aliphatic heterocycles. The number of aromatic nitrogens is 2. The normalized spacial score (nSPS) is 27.0. The van der Waals surface area contributed by atoms with Crippen LogP contribution in [-0.2, 0) is 11.3 Å². The first-order valence-corrected chi connectivity index (χ1v) is 5.34. The Hall–Kier alpha value is -0.610. The molecule has 0 radical (unpaired) electrons. The summed E-state index contributed by atoms with van der Waals surface area (Å²) in [7, 11) is 0. The molecule has 1 saturated heterocycles. The van der Waals surface area contributed by atoms with Crippen LogP contribution < -0.4 is 0 Å². The van der Waals surface area contributed by atoms with Crippen molar-refractivity contribution >= 4 is 12.2 Å². The number of hydrogen-bond acceptors (Lipinski definition) is 2. The number of aryl methyl sites for hydroxylation is 1. The maximum Gasteiger partial charge on any atom is 0.177 e. The molecule has 14 heavy (non-hydrogen) atoms.